The fraction of sp³-hybridized carbons (Fsp3) is 0.333. The highest BCUT2D eigenvalue weighted by molar-refractivity contribution is 5.98. The minimum atomic E-state index is -0.300. The van der Waals surface area contributed by atoms with Gasteiger partial charge in [-0.3, -0.25) is 9.59 Å². The van der Waals surface area contributed by atoms with Crippen LogP contribution in [-0.4, -0.2) is 34.8 Å². The predicted molar refractivity (Wildman–Crippen MR) is 116 cm³/mol. The number of rotatable bonds is 5. The van der Waals surface area contributed by atoms with Gasteiger partial charge in [-0.2, -0.15) is 0 Å². The summed E-state index contributed by atoms with van der Waals surface area (Å²) in [5, 5.41) is 4.25. The second-order valence-electron chi connectivity index (χ2n) is 8.11. The molecule has 0 spiro atoms. The van der Waals surface area contributed by atoms with E-state index in [4.69, 9.17) is 0 Å². The van der Waals surface area contributed by atoms with Crippen molar-refractivity contribution < 1.29 is 9.59 Å². The molecule has 29 heavy (non-hydrogen) atoms. The number of carbonyl (C=O) groups is 2. The number of benzene rings is 2. The number of fused-ring (bicyclic) bond motifs is 1. The first kappa shape index (κ1) is 19.2. The molecule has 1 unspecified atom stereocenters. The molecule has 4 rings (SSSR count). The molecule has 0 bridgehead atoms. The second kappa shape index (κ2) is 7.74. The number of anilines is 1. The zero-order chi connectivity index (χ0) is 20.5. The summed E-state index contributed by atoms with van der Waals surface area (Å²) in [4.78, 5) is 30.4. The summed E-state index contributed by atoms with van der Waals surface area (Å²) in [7, 11) is 0. The molecular weight excluding hydrogens is 362 g/mol. The summed E-state index contributed by atoms with van der Waals surface area (Å²) in [6.07, 6.45) is 3.07. The molecule has 2 N–H and O–H groups in total. The van der Waals surface area contributed by atoms with Gasteiger partial charge < -0.3 is 15.2 Å². The lowest BCUT2D eigenvalue weighted by Crippen LogP contribution is -2.30. The Labute approximate surface area is 171 Å². The topological polar surface area (TPSA) is 65.2 Å². The number of para-hydroxylation sites is 1. The highest BCUT2D eigenvalue weighted by Crippen LogP contribution is 2.26. The molecule has 1 aromatic heterocycles. The Hall–Kier alpha value is -3.08. The van der Waals surface area contributed by atoms with Gasteiger partial charge in [0, 0.05) is 42.3 Å². The van der Waals surface area contributed by atoms with Crippen molar-refractivity contribution in [3.8, 4) is 0 Å². The fourth-order valence-electron chi connectivity index (χ4n) is 4.36. The van der Waals surface area contributed by atoms with Crippen molar-refractivity contribution >= 4 is 28.4 Å². The summed E-state index contributed by atoms with van der Waals surface area (Å²) < 4.78 is 0. The van der Waals surface area contributed by atoms with Gasteiger partial charge in [-0.25, -0.2) is 0 Å². The van der Waals surface area contributed by atoms with Crippen LogP contribution in [-0.2, 0) is 16.0 Å². The van der Waals surface area contributed by atoms with E-state index < -0.39 is 0 Å². The molecule has 5 nitrogen and oxygen atoms in total. The van der Waals surface area contributed by atoms with Gasteiger partial charge >= 0.3 is 0 Å². The number of likely N-dealkylation sites (tertiary alicyclic amines) is 1. The number of hydrogen-bond acceptors (Lipinski definition) is 2. The number of amides is 2. The highest BCUT2D eigenvalue weighted by Gasteiger charge is 2.34. The van der Waals surface area contributed by atoms with Crippen molar-refractivity contribution in [2.24, 2.45) is 5.92 Å². The average Bonchev–Trinajstić information content (AvgIpc) is 3.26. The van der Waals surface area contributed by atoms with E-state index in [1.807, 2.05) is 44.0 Å². The number of aromatic nitrogens is 1. The molecule has 3 aromatic rings. The van der Waals surface area contributed by atoms with Crippen LogP contribution < -0.4 is 5.32 Å². The molecular formula is C24H27N3O2. The van der Waals surface area contributed by atoms with E-state index in [0.29, 0.717) is 13.1 Å². The number of H-pyrrole nitrogens is 1. The summed E-state index contributed by atoms with van der Waals surface area (Å²) in [6.45, 7) is 7.17. The normalized spacial score (nSPS) is 16.6. The third kappa shape index (κ3) is 3.90. The van der Waals surface area contributed by atoms with E-state index in [1.54, 1.807) is 0 Å². The molecule has 150 valence electrons. The minimum absolute atomic E-state index is 0.0577. The largest absolute Gasteiger partial charge is 0.361 e. The highest BCUT2D eigenvalue weighted by atomic mass is 16.2. The molecule has 5 heteroatoms. The van der Waals surface area contributed by atoms with Gasteiger partial charge in [-0.15, -0.1) is 0 Å². The van der Waals surface area contributed by atoms with Gasteiger partial charge in [0.05, 0.1) is 5.92 Å². The lowest BCUT2D eigenvalue weighted by atomic mass is 10.0. The summed E-state index contributed by atoms with van der Waals surface area (Å²) in [5.41, 5.74) is 6.46. The average molecular weight is 389 g/mol. The molecule has 1 aliphatic heterocycles. The maximum Gasteiger partial charge on any atom is 0.229 e. The number of hydrogen-bond donors (Lipinski definition) is 2. The van der Waals surface area contributed by atoms with Crippen LogP contribution in [0.5, 0.6) is 0 Å². The molecule has 0 aliphatic carbocycles. The third-order valence-electron chi connectivity index (χ3n) is 5.84. The van der Waals surface area contributed by atoms with Gasteiger partial charge in [-0.05, 0) is 49.9 Å². The summed E-state index contributed by atoms with van der Waals surface area (Å²) >= 11 is 0. The Bertz CT molecular complexity index is 1060. The van der Waals surface area contributed by atoms with E-state index in [2.05, 4.69) is 34.6 Å². The summed E-state index contributed by atoms with van der Waals surface area (Å²) in [5.74, 6) is -0.309. The summed E-state index contributed by atoms with van der Waals surface area (Å²) in [6, 6.07) is 12.3. The molecule has 2 amide bonds. The van der Waals surface area contributed by atoms with E-state index in [9.17, 15) is 9.59 Å². The first-order chi connectivity index (χ1) is 13.9. The molecule has 0 saturated carbocycles. The van der Waals surface area contributed by atoms with Crippen molar-refractivity contribution in [3.63, 3.8) is 0 Å². The van der Waals surface area contributed by atoms with Crippen LogP contribution in [0.4, 0.5) is 5.69 Å². The van der Waals surface area contributed by atoms with Crippen molar-refractivity contribution in [1.82, 2.24) is 9.88 Å². The third-order valence-corrected chi connectivity index (χ3v) is 5.84. The van der Waals surface area contributed by atoms with E-state index in [1.165, 1.54) is 16.5 Å². The van der Waals surface area contributed by atoms with Gasteiger partial charge in [0.2, 0.25) is 11.8 Å². The molecule has 2 aromatic carbocycles. The standard InChI is InChI=1S/C24H27N3O2/c1-15-10-16(2)23(17(3)11-15)26-24(29)19-12-22(28)27(14-19)9-8-18-13-25-21-7-5-4-6-20(18)21/h4-7,10-11,13,19,25H,8-9,12,14H2,1-3H3,(H,26,29). The Morgan fingerprint density at radius 3 is 2.66 bits per heavy atom. The van der Waals surface area contributed by atoms with Crippen molar-refractivity contribution in [1.29, 1.82) is 0 Å². The zero-order valence-corrected chi connectivity index (χ0v) is 17.2. The van der Waals surface area contributed by atoms with Gasteiger partial charge in [0.1, 0.15) is 0 Å². The van der Waals surface area contributed by atoms with Gasteiger partial charge in [0.15, 0.2) is 0 Å². The zero-order valence-electron chi connectivity index (χ0n) is 17.2. The van der Waals surface area contributed by atoms with Crippen LogP contribution in [0.15, 0.2) is 42.6 Å². The monoisotopic (exact) mass is 389 g/mol. The Morgan fingerprint density at radius 2 is 1.90 bits per heavy atom. The number of aromatic amines is 1. The first-order valence-electron chi connectivity index (χ1n) is 10.1. The first-order valence-corrected chi connectivity index (χ1v) is 10.1. The maximum absolute atomic E-state index is 12.8. The van der Waals surface area contributed by atoms with Crippen LogP contribution >= 0.6 is 0 Å². The Kier molecular flexibility index (Phi) is 5.14. The Morgan fingerprint density at radius 1 is 1.17 bits per heavy atom. The Balaban J connectivity index is 1.39. The minimum Gasteiger partial charge on any atom is -0.361 e. The number of aryl methyl sites for hydroxylation is 3. The van der Waals surface area contributed by atoms with Gasteiger partial charge in [-0.1, -0.05) is 35.9 Å². The van der Waals surface area contributed by atoms with E-state index in [-0.39, 0.29) is 24.2 Å². The molecule has 1 atom stereocenters. The fourth-order valence-corrected chi connectivity index (χ4v) is 4.36. The molecule has 2 heterocycles. The number of carbonyl (C=O) groups excluding carboxylic acids is 2. The lowest BCUT2D eigenvalue weighted by molar-refractivity contribution is -0.128. The van der Waals surface area contributed by atoms with Crippen LogP contribution in [0, 0.1) is 26.7 Å². The SMILES string of the molecule is Cc1cc(C)c(NC(=O)C2CC(=O)N(CCc3c[nH]c4ccccc34)C2)c(C)c1. The molecule has 0 radical (unpaired) electrons. The quantitative estimate of drug-likeness (QED) is 0.689. The van der Waals surface area contributed by atoms with Crippen molar-refractivity contribution in [2.75, 3.05) is 18.4 Å². The second-order valence-corrected chi connectivity index (χ2v) is 8.11. The van der Waals surface area contributed by atoms with E-state index >= 15 is 0 Å². The van der Waals surface area contributed by atoms with Crippen LogP contribution in [0.25, 0.3) is 10.9 Å². The van der Waals surface area contributed by atoms with Crippen molar-refractivity contribution in [2.45, 2.75) is 33.6 Å². The van der Waals surface area contributed by atoms with Crippen LogP contribution in [0.2, 0.25) is 0 Å². The van der Waals surface area contributed by atoms with Crippen LogP contribution in [0.1, 0.15) is 28.7 Å². The predicted octanol–water partition coefficient (Wildman–Crippen LogP) is 4.12. The molecule has 1 fully saturated rings. The van der Waals surface area contributed by atoms with Crippen molar-refractivity contribution in [3.05, 3.63) is 64.8 Å². The lowest BCUT2D eigenvalue weighted by Gasteiger charge is -2.17. The number of nitrogens with zero attached hydrogens (tertiary/aromatic N) is 1. The van der Waals surface area contributed by atoms with E-state index in [0.717, 1.165) is 28.8 Å². The van der Waals surface area contributed by atoms with Gasteiger partial charge in [0.25, 0.3) is 0 Å². The smallest absolute Gasteiger partial charge is 0.229 e. The molecule has 1 aliphatic rings. The molecule has 1 saturated heterocycles. The van der Waals surface area contributed by atoms with Crippen LogP contribution in [0.3, 0.4) is 0 Å². The maximum atomic E-state index is 12.8. The number of nitrogens with one attached hydrogen (secondary N) is 2.